The van der Waals surface area contributed by atoms with Crippen LogP contribution in [0.4, 0.5) is 11.4 Å². The number of para-hydroxylation sites is 1. The number of anilines is 1. The van der Waals surface area contributed by atoms with Crippen molar-refractivity contribution in [1.82, 2.24) is 9.78 Å². The number of carboxylic acid groups (broad SMARTS) is 1. The summed E-state index contributed by atoms with van der Waals surface area (Å²) in [7, 11) is 0. The predicted molar refractivity (Wildman–Crippen MR) is 85.0 cm³/mol. The first-order valence-electron chi connectivity index (χ1n) is 6.98. The minimum atomic E-state index is -1.29. The van der Waals surface area contributed by atoms with Gasteiger partial charge >= 0.3 is 5.97 Å². The molecule has 2 N–H and O–H groups in total. The number of aryl methyl sites for hydroxylation is 1. The van der Waals surface area contributed by atoms with E-state index in [-0.39, 0.29) is 16.9 Å². The van der Waals surface area contributed by atoms with Crippen LogP contribution < -0.4 is 5.32 Å². The highest BCUT2D eigenvalue weighted by Gasteiger charge is 2.30. The predicted octanol–water partition coefficient (Wildman–Crippen LogP) is 2.17. The van der Waals surface area contributed by atoms with Crippen LogP contribution in [-0.2, 0) is 10.3 Å². The third kappa shape index (κ3) is 3.09. The Hall–Kier alpha value is -3.23. The molecule has 0 aliphatic rings. The molecule has 0 atom stereocenters. The van der Waals surface area contributed by atoms with E-state index in [1.165, 1.54) is 37.0 Å². The van der Waals surface area contributed by atoms with Gasteiger partial charge in [0.2, 0.25) is 0 Å². The van der Waals surface area contributed by atoms with Crippen molar-refractivity contribution in [1.29, 1.82) is 0 Å². The van der Waals surface area contributed by atoms with Crippen LogP contribution in [0.3, 0.4) is 0 Å². The summed E-state index contributed by atoms with van der Waals surface area (Å²) in [6, 6.07) is 4.45. The lowest BCUT2D eigenvalue weighted by atomic mass is 10.1. The van der Waals surface area contributed by atoms with Gasteiger partial charge < -0.3 is 10.4 Å². The minimum absolute atomic E-state index is 0.0785. The normalized spacial score (nSPS) is 11.1. The lowest BCUT2D eigenvalue weighted by Crippen LogP contribution is -2.35. The number of carbonyl (C=O) groups excluding carboxylic acids is 1. The number of nitro benzene ring substituents is 1. The van der Waals surface area contributed by atoms with Crippen LogP contribution in [0.15, 0.2) is 30.6 Å². The van der Waals surface area contributed by atoms with Crippen molar-refractivity contribution in [3.05, 3.63) is 51.8 Å². The van der Waals surface area contributed by atoms with Gasteiger partial charge in [-0.15, -0.1) is 0 Å². The first-order valence-corrected chi connectivity index (χ1v) is 6.98. The maximum absolute atomic E-state index is 12.3. The number of carbonyl (C=O) groups is 2. The van der Waals surface area contributed by atoms with E-state index in [2.05, 4.69) is 10.4 Å². The summed E-state index contributed by atoms with van der Waals surface area (Å²) in [6.07, 6.45) is 2.64. The number of carboxylic acids is 1. The van der Waals surface area contributed by atoms with Crippen molar-refractivity contribution in [2.75, 3.05) is 5.32 Å². The van der Waals surface area contributed by atoms with Gasteiger partial charge in [0.05, 0.1) is 16.8 Å². The van der Waals surface area contributed by atoms with Gasteiger partial charge in [0, 0.05) is 11.8 Å². The molecule has 1 amide bonds. The van der Waals surface area contributed by atoms with Crippen LogP contribution in [0.1, 0.15) is 29.8 Å². The number of aliphatic carboxylic acids is 1. The molecule has 9 heteroatoms. The van der Waals surface area contributed by atoms with Crippen molar-refractivity contribution in [2.45, 2.75) is 26.3 Å². The van der Waals surface area contributed by atoms with Crippen LogP contribution in [0.25, 0.3) is 0 Å². The summed E-state index contributed by atoms with van der Waals surface area (Å²) in [6.45, 7) is 4.46. The standard InChI is InChI=1S/C15H16N4O5/c1-9-5-4-6-11(12(9)19(23)24)13(20)17-10-7-16-18(8-10)15(2,3)14(21)22/h4-8H,1-3H3,(H,17,20)(H,21,22). The largest absolute Gasteiger partial charge is 0.479 e. The SMILES string of the molecule is Cc1cccc(C(=O)Nc2cnn(C(C)(C)C(=O)O)c2)c1[N+](=O)[O-]. The van der Waals surface area contributed by atoms with Crippen LogP contribution >= 0.6 is 0 Å². The molecule has 1 heterocycles. The first-order chi connectivity index (χ1) is 11.1. The number of nitrogens with one attached hydrogen (secondary N) is 1. The maximum Gasteiger partial charge on any atom is 0.331 e. The minimum Gasteiger partial charge on any atom is -0.479 e. The Bertz CT molecular complexity index is 825. The van der Waals surface area contributed by atoms with E-state index in [9.17, 15) is 19.7 Å². The van der Waals surface area contributed by atoms with Gasteiger partial charge in [-0.25, -0.2) is 4.79 Å². The van der Waals surface area contributed by atoms with Crippen LogP contribution in [0, 0.1) is 17.0 Å². The second-order valence-corrected chi connectivity index (χ2v) is 5.72. The van der Waals surface area contributed by atoms with Crippen molar-refractivity contribution in [2.24, 2.45) is 0 Å². The fourth-order valence-corrected chi connectivity index (χ4v) is 2.07. The van der Waals surface area contributed by atoms with Crippen molar-refractivity contribution < 1.29 is 19.6 Å². The molecule has 0 aliphatic carbocycles. The van der Waals surface area contributed by atoms with E-state index >= 15 is 0 Å². The molecule has 1 aromatic heterocycles. The van der Waals surface area contributed by atoms with Crippen molar-refractivity contribution in [3.63, 3.8) is 0 Å². The fraction of sp³-hybridized carbons (Fsp3) is 0.267. The molecule has 9 nitrogen and oxygen atoms in total. The summed E-state index contributed by atoms with van der Waals surface area (Å²) in [5.74, 6) is -1.75. The molecule has 2 rings (SSSR count). The lowest BCUT2D eigenvalue weighted by molar-refractivity contribution is -0.385. The van der Waals surface area contributed by atoms with E-state index in [1.54, 1.807) is 19.1 Å². The number of nitro groups is 1. The van der Waals surface area contributed by atoms with Crippen LogP contribution in [-0.4, -0.2) is 31.7 Å². The highest BCUT2D eigenvalue weighted by Crippen LogP contribution is 2.24. The zero-order valence-corrected chi connectivity index (χ0v) is 13.3. The van der Waals surface area contributed by atoms with Crippen molar-refractivity contribution >= 4 is 23.3 Å². The summed E-state index contributed by atoms with van der Waals surface area (Å²) < 4.78 is 1.19. The quantitative estimate of drug-likeness (QED) is 0.638. The van der Waals surface area contributed by atoms with Gasteiger partial charge in [-0.2, -0.15) is 5.10 Å². The smallest absolute Gasteiger partial charge is 0.331 e. The van der Waals surface area contributed by atoms with Crippen LogP contribution in [0.5, 0.6) is 0 Å². The molecule has 0 fully saturated rings. The van der Waals surface area contributed by atoms with Gasteiger partial charge in [0.1, 0.15) is 5.56 Å². The molecule has 0 aliphatic heterocycles. The van der Waals surface area contributed by atoms with Gasteiger partial charge in [-0.3, -0.25) is 19.6 Å². The highest BCUT2D eigenvalue weighted by molar-refractivity contribution is 6.07. The average Bonchev–Trinajstić information content (AvgIpc) is 2.95. The monoisotopic (exact) mass is 332 g/mol. The molecular formula is C15H16N4O5. The van der Waals surface area contributed by atoms with Gasteiger partial charge in [0.15, 0.2) is 5.54 Å². The Kier molecular flexibility index (Phi) is 4.36. The number of aromatic nitrogens is 2. The summed E-state index contributed by atoms with van der Waals surface area (Å²) in [5, 5.41) is 26.7. The first kappa shape index (κ1) is 17.1. The Labute approximate surface area is 137 Å². The molecule has 2 aromatic rings. The average molecular weight is 332 g/mol. The van der Waals surface area contributed by atoms with E-state index < -0.39 is 22.3 Å². The molecule has 0 unspecified atom stereocenters. The second kappa shape index (κ2) is 6.11. The summed E-state index contributed by atoms with van der Waals surface area (Å²) >= 11 is 0. The molecule has 0 saturated carbocycles. The maximum atomic E-state index is 12.3. The molecule has 0 saturated heterocycles. The molecule has 1 aromatic carbocycles. The topological polar surface area (TPSA) is 127 Å². The molecule has 0 radical (unpaired) electrons. The Balaban J connectivity index is 2.29. The zero-order valence-electron chi connectivity index (χ0n) is 13.3. The Morgan fingerprint density at radius 2 is 2.04 bits per heavy atom. The van der Waals surface area contributed by atoms with Crippen LogP contribution in [0.2, 0.25) is 0 Å². The third-order valence-corrected chi connectivity index (χ3v) is 3.60. The van der Waals surface area contributed by atoms with E-state index in [1.807, 2.05) is 0 Å². The van der Waals surface area contributed by atoms with Gasteiger partial charge in [-0.1, -0.05) is 12.1 Å². The third-order valence-electron chi connectivity index (χ3n) is 3.60. The molecule has 24 heavy (non-hydrogen) atoms. The van der Waals surface area contributed by atoms with E-state index in [0.717, 1.165) is 0 Å². The fourth-order valence-electron chi connectivity index (χ4n) is 2.07. The highest BCUT2D eigenvalue weighted by atomic mass is 16.6. The summed E-state index contributed by atoms with van der Waals surface area (Å²) in [5.41, 5.74) is -1.03. The van der Waals surface area contributed by atoms with E-state index in [0.29, 0.717) is 5.56 Å². The number of hydrogen-bond donors (Lipinski definition) is 2. The summed E-state index contributed by atoms with van der Waals surface area (Å²) in [4.78, 5) is 34.1. The molecule has 0 bridgehead atoms. The molecular weight excluding hydrogens is 316 g/mol. The Morgan fingerprint density at radius 1 is 1.38 bits per heavy atom. The van der Waals surface area contributed by atoms with Gasteiger partial charge in [0.25, 0.3) is 11.6 Å². The van der Waals surface area contributed by atoms with Gasteiger partial charge in [-0.05, 0) is 26.8 Å². The number of hydrogen-bond acceptors (Lipinski definition) is 5. The number of amides is 1. The second-order valence-electron chi connectivity index (χ2n) is 5.72. The number of nitrogens with zero attached hydrogens (tertiary/aromatic N) is 3. The zero-order chi connectivity index (χ0) is 18.1. The van der Waals surface area contributed by atoms with E-state index in [4.69, 9.17) is 5.11 Å². The number of benzene rings is 1. The number of rotatable bonds is 5. The Morgan fingerprint density at radius 3 is 2.62 bits per heavy atom. The molecule has 126 valence electrons. The van der Waals surface area contributed by atoms with Crippen molar-refractivity contribution in [3.8, 4) is 0 Å². The molecule has 0 spiro atoms. The lowest BCUT2D eigenvalue weighted by Gasteiger charge is -2.19.